The smallest absolute Gasteiger partial charge is 0.191 e. The van der Waals surface area contributed by atoms with E-state index in [4.69, 9.17) is 9.52 Å². The van der Waals surface area contributed by atoms with E-state index in [1.54, 1.807) is 0 Å². The van der Waals surface area contributed by atoms with E-state index in [0.29, 0.717) is 12.0 Å². The molecule has 5 heteroatoms. The number of hydrogen-bond acceptors (Lipinski definition) is 3. The van der Waals surface area contributed by atoms with Gasteiger partial charge in [-0.05, 0) is 33.6 Å². The van der Waals surface area contributed by atoms with Gasteiger partial charge in [0, 0.05) is 30.6 Å². The molecule has 0 radical (unpaired) electrons. The molecule has 1 heterocycles. The Labute approximate surface area is 127 Å². The molecule has 2 rings (SSSR count). The van der Waals surface area contributed by atoms with Crippen molar-refractivity contribution in [3.05, 3.63) is 17.0 Å². The number of aryl methyl sites for hydroxylation is 2. The number of hydrogen-bond donors (Lipinski definition) is 2. The topological polar surface area (TPSA) is 62.5 Å². The Bertz CT molecular complexity index is 455. The normalized spacial score (nSPS) is 18.0. The molecule has 118 valence electrons. The first-order valence-corrected chi connectivity index (χ1v) is 8.09. The minimum Gasteiger partial charge on any atom is -0.361 e. The summed E-state index contributed by atoms with van der Waals surface area (Å²) < 4.78 is 5.25. The van der Waals surface area contributed by atoms with Gasteiger partial charge in [-0.3, -0.25) is 4.99 Å². The van der Waals surface area contributed by atoms with E-state index >= 15 is 0 Å². The highest BCUT2D eigenvalue weighted by molar-refractivity contribution is 5.80. The third kappa shape index (κ3) is 4.22. The van der Waals surface area contributed by atoms with E-state index in [-0.39, 0.29) is 0 Å². The second kappa shape index (κ2) is 7.48. The van der Waals surface area contributed by atoms with E-state index in [1.807, 2.05) is 13.8 Å². The van der Waals surface area contributed by atoms with Gasteiger partial charge in [0.15, 0.2) is 5.96 Å². The lowest BCUT2D eigenvalue weighted by atomic mass is 10.00. The zero-order valence-corrected chi connectivity index (χ0v) is 13.7. The highest BCUT2D eigenvalue weighted by Gasteiger charge is 2.18. The predicted octanol–water partition coefficient (Wildman–Crippen LogP) is 2.89. The summed E-state index contributed by atoms with van der Waals surface area (Å²) >= 11 is 0. The summed E-state index contributed by atoms with van der Waals surface area (Å²) in [5.41, 5.74) is 2.17. The fraction of sp³-hybridized carbons (Fsp3) is 0.750. The average molecular weight is 292 g/mol. The Balaban J connectivity index is 1.97. The SMILES string of the molecule is CCNC(=NCC(C)c1c(C)noc1C)NC1CCCC1. The van der Waals surface area contributed by atoms with Crippen molar-refractivity contribution in [1.82, 2.24) is 15.8 Å². The third-order valence-corrected chi connectivity index (χ3v) is 4.14. The summed E-state index contributed by atoms with van der Waals surface area (Å²) in [6.07, 6.45) is 5.16. The highest BCUT2D eigenvalue weighted by Crippen LogP contribution is 2.23. The van der Waals surface area contributed by atoms with E-state index in [0.717, 1.165) is 30.5 Å². The Morgan fingerprint density at radius 2 is 2.10 bits per heavy atom. The monoisotopic (exact) mass is 292 g/mol. The molecule has 1 saturated carbocycles. The first-order chi connectivity index (χ1) is 10.1. The molecule has 0 spiro atoms. The van der Waals surface area contributed by atoms with Gasteiger partial charge < -0.3 is 15.2 Å². The zero-order chi connectivity index (χ0) is 15.2. The molecule has 2 N–H and O–H groups in total. The van der Waals surface area contributed by atoms with Crippen LogP contribution in [0.2, 0.25) is 0 Å². The fourth-order valence-electron chi connectivity index (χ4n) is 3.10. The minimum atomic E-state index is 0.315. The summed E-state index contributed by atoms with van der Waals surface area (Å²) in [4.78, 5) is 4.74. The van der Waals surface area contributed by atoms with Crippen LogP contribution < -0.4 is 10.6 Å². The first-order valence-electron chi connectivity index (χ1n) is 8.09. The number of aromatic nitrogens is 1. The predicted molar refractivity (Wildman–Crippen MR) is 85.8 cm³/mol. The van der Waals surface area contributed by atoms with Crippen LogP contribution in [0.3, 0.4) is 0 Å². The summed E-state index contributed by atoms with van der Waals surface area (Å²) in [6, 6.07) is 0.581. The molecule has 0 aromatic carbocycles. The number of nitrogens with zero attached hydrogens (tertiary/aromatic N) is 2. The second-order valence-electron chi connectivity index (χ2n) is 5.98. The molecule has 1 atom stereocenters. The summed E-state index contributed by atoms with van der Waals surface area (Å²) in [7, 11) is 0. The van der Waals surface area contributed by atoms with Crippen molar-refractivity contribution in [3.8, 4) is 0 Å². The molecule has 1 fully saturated rings. The van der Waals surface area contributed by atoms with Crippen LogP contribution in [0, 0.1) is 13.8 Å². The Hall–Kier alpha value is -1.52. The first kappa shape index (κ1) is 15.9. The van der Waals surface area contributed by atoms with Gasteiger partial charge in [0.2, 0.25) is 0 Å². The highest BCUT2D eigenvalue weighted by atomic mass is 16.5. The lowest BCUT2D eigenvalue weighted by Crippen LogP contribution is -2.42. The zero-order valence-electron chi connectivity index (χ0n) is 13.7. The van der Waals surface area contributed by atoms with Crippen LogP contribution in [0.15, 0.2) is 9.52 Å². The van der Waals surface area contributed by atoms with Crippen LogP contribution >= 0.6 is 0 Å². The molecule has 0 bridgehead atoms. The Morgan fingerprint density at radius 3 is 2.67 bits per heavy atom. The average Bonchev–Trinajstić information content (AvgIpc) is 3.06. The largest absolute Gasteiger partial charge is 0.361 e. The van der Waals surface area contributed by atoms with Gasteiger partial charge in [0.1, 0.15) is 5.76 Å². The Kier molecular flexibility index (Phi) is 5.65. The van der Waals surface area contributed by atoms with Crippen LogP contribution in [0.25, 0.3) is 0 Å². The minimum absolute atomic E-state index is 0.315. The van der Waals surface area contributed by atoms with Gasteiger partial charge in [0.05, 0.1) is 5.69 Å². The van der Waals surface area contributed by atoms with Crippen LogP contribution in [0.1, 0.15) is 62.5 Å². The van der Waals surface area contributed by atoms with Crippen molar-refractivity contribution in [3.63, 3.8) is 0 Å². The molecule has 1 aliphatic carbocycles. The molecule has 21 heavy (non-hydrogen) atoms. The van der Waals surface area contributed by atoms with Crippen LogP contribution in [0.4, 0.5) is 0 Å². The standard InChI is InChI=1S/C16H28N4O/c1-5-17-16(19-14-8-6-7-9-14)18-10-11(2)15-12(3)20-21-13(15)4/h11,14H,5-10H2,1-4H3,(H2,17,18,19). The fourth-order valence-corrected chi connectivity index (χ4v) is 3.10. The van der Waals surface area contributed by atoms with Gasteiger partial charge in [-0.2, -0.15) is 0 Å². The Morgan fingerprint density at radius 1 is 1.38 bits per heavy atom. The summed E-state index contributed by atoms with van der Waals surface area (Å²) in [5.74, 6) is 2.15. The lowest BCUT2D eigenvalue weighted by Gasteiger charge is -2.17. The number of rotatable bonds is 5. The van der Waals surface area contributed by atoms with Crippen molar-refractivity contribution in [2.75, 3.05) is 13.1 Å². The van der Waals surface area contributed by atoms with E-state index in [2.05, 4.69) is 29.6 Å². The van der Waals surface area contributed by atoms with Crippen molar-refractivity contribution >= 4 is 5.96 Å². The van der Waals surface area contributed by atoms with E-state index < -0.39 is 0 Å². The molecule has 0 saturated heterocycles. The maximum atomic E-state index is 5.25. The maximum absolute atomic E-state index is 5.25. The van der Waals surface area contributed by atoms with Crippen molar-refractivity contribution in [2.24, 2.45) is 4.99 Å². The van der Waals surface area contributed by atoms with Crippen molar-refractivity contribution < 1.29 is 4.52 Å². The van der Waals surface area contributed by atoms with Gasteiger partial charge in [0.25, 0.3) is 0 Å². The number of guanidine groups is 1. The second-order valence-corrected chi connectivity index (χ2v) is 5.98. The van der Waals surface area contributed by atoms with Crippen molar-refractivity contribution in [2.45, 2.75) is 65.3 Å². The maximum Gasteiger partial charge on any atom is 0.191 e. The molecule has 0 aliphatic heterocycles. The molecular weight excluding hydrogens is 264 g/mol. The van der Waals surface area contributed by atoms with Gasteiger partial charge in [-0.25, -0.2) is 0 Å². The van der Waals surface area contributed by atoms with Gasteiger partial charge in [-0.15, -0.1) is 0 Å². The molecular formula is C16H28N4O. The van der Waals surface area contributed by atoms with E-state index in [1.165, 1.54) is 31.2 Å². The van der Waals surface area contributed by atoms with E-state index in [9.17, 15) is 0 Å². The molecule has 5 nitrogen and oxygen atoms in total. The molecule has 1 aliphatic rings. The summed E-state index contributed by atoms with van der Waals surface area (Å²) in [6.45, 7) is 9.87. The van der Waals surface area contributed by atoms with Crippen molar-refractivity contribution in [1.29, 1.82) is 0 Å². The van der Waals surface area contributed by atoms with Crippen LogP contribution in [-0.2, 0) is 0 Å². The quantitative estimate of drug-likeness (QED) is 0.647. The van der Waals surface area contributed by atoms with Gasteiger partial charge >= 0.3 is 0 Å². The number of aliphatic imine (C=N–C) groups is 1. The molecule has 1 unspecified atom stereocenters. The third-order valence-electron chi connectivity index (χ3n) is 4.14. The lowest BCUT2D eigenvalue weighted by molar-refractivity contribution is 0.391. The summed E-state index contributed by atoms with van der Waals surface area (Å²) in [5, 5.41) is 10.9. The number of nitrogens with one attached hydrogen (secondary N) is 2. The molecule has 1 aromatic rings. The molecule has 1 aromatic heterocycles. The van der Waals surface area contributed by atoms with Crippen LogP contribution in [-0.4, -0.2) is 30.2 Å². The molecule has 0 amide bonds. The van der Waals surface area contributed by atoms with Crippen LogP contribution in [0.5, 0.6) is 0 Å². The van der Waals surface area contributed by atoms with Gasteiger partial charge in [-0.1, -0.05) is 24.9 Å².